The zero-order valence-corrected chi connectivity index (χ0v) is 11.4. The second-order valence-electron chi connectivity index (χ2n) is 4.89. The van der Waals surface area contributed by atoms with Crippen LogP contribution in [0.3, 0.4) is 0 Å². The molecule has 18 heavy (non-hydrogen) atoms. The van der Waals surface area contributed by atoms with E-state index < -0.39 is 0 Å². The molecular formula is C15H23NO2. The highest BCUT2D eigenvalue weighted by molar-refractivity contribution is 5.99. The Kier molecular flexibility index (Phi) is 6.02. The van der Waals surface area contributed by atoms with Gasteiger partial charge in [0, 0.05) is 12.2 Å². The molecule has 0 aliphatic rings. The Bertz CT molecular complexity index is 371. The number of ketones is 1. The van der Waals surface area contributed by atoms with E-state index >= 15 is 0 Å². The summed E-state index contributed by atoms with van der Waals surface area (Å²) in [6, 6.07) is 7.60. The highest BCUT2D eigenvalue weighted by atomic mass is 16.3. The van der Waals surface area contributed by atoms with Gasteiger partial charge in [-0.05, 0) is 31.4 Å². The first-order valence-corrected chi connectivity index (χ1v) is 6.54. The van der Waals surface area contributed by atoms with E-state index in [-0.39, 0.29) is 18.4 Å². The van der Waals surface area contributed by atoms with Crippen molar-refractivity contribution in [2.75, 3.05) is 13.2 Å². The quantitative estimate of drug-likeness (QED) is 0.576. The topological polar surface area (TPSA) is 49.3 Å². The molecule has 0 spiro atoms. The highest BCUT2D eigenvalue weighted by Gasteiger charge is 2.14. The van der Waals surface area contributed by atoms with Gasteiger partial charge in [0.05, 0.1) is 6.04 Å². The third-order valence-corrected chi connectivity index (χ3v) is 3.04. The smallest absolute Gasteiger partial charge is 0.179 e. The van der Waals surface area contributed by atoms with E-state index in [1.54, 1.807) is 0 Å². The predicted molar refractivity (Wildman–Crippen MR) is 74.0 cm³/mol. The van der Waals surface area contributed by atoms with Gasteiger partial charge in [0.1, 0.15) is 0 Å². The fourth-order valence-electron chi connectivity index (χ4n) is 1.77. The lowest BCUT2D eigenvalue weighted by Crippen LogP contribution is -2.34. The summed E-state index contributed by atoms with van der Waals surface area (Å²) >= 11 is 0. The molecule has 0 aromatic heterocycles. The number of Topliss-reactive ketones (excluding diaryl/α,β-unsaturated/α-hetero) is 1. The first kappa shape index (κ1) is 14.9. The highest BCUT2D eigenvalue weighted by Crippen LogP contribution is 2.15. The minimum absolute atomic E-state index is 0.100. The maximum atomic E-state index is 12.1. The lowest BCUT2D eigenvalue weighted by atomic mass is 9.99. The van der Waals surface area contributed by atoms with Crippen LogP contribution in [0.25, 0.3) is 0 Å². The van der Waals surface area contributed by atoms with Crippen molar-refractivity contribution in [2.45, 2.75) is 39.2 Å². The SMILES string of the molecule is CC(NCCCO)C(=O)c1ccc(C(C)C)cc1. The zero-order valence-electron chi connectivity index (χ0n) is 11.4. The van der Waals surface area contributed by atoms with Crippen molar-refractivity contribution in [3.05, 3.63) is 35.4 Å². The standard InChI is InChI=1S/C15H23NO2/c1-11(2)13-5-7-14(8-6-13)15(18)12(3)16-9-4-10-17/h5-8,11-12,16-17H,4,9-10H2,1-3H3. The fourth-order valence-corrected chi connectivity index (χ4v) is 1.77. The Balaban J connectivity index is 2.60. The van der Waals surface area contributed by atoms with E-state index in [0.717, 1.165) is 5.56 Å². The third kappa shape index (κ3) is 4.24. The molecule has 1 unspecified atom stereocenters. The number of carbonyl (C=O) groups excluding carboxylic acids is 1. The molecule has 0 fully saturated rings. The maximum Gasteiger partial charge on any atom is 0.179 e. The predicted octanol–water partition coefficient (Wildman–Crippen LogP) is 2.35. The zero-order chi connectivity index (χ0) is 13.5. The Morgan fingerprint density at radius 2 is 1.83 bits per heavy atom. The van der Waals surface area contributed by atoms with E-state index in [1.165, 1.54) is 5.56 Å². The minimum atomic E-state index is -0.207. The summed E-state index contributed by atoms with van der Waals surface area (Å²) in [6.45, 7) is 6.94. The second kappa shape index (κ2) is 7.29. The van der Waals surface area contributed by atoms with Gasteiger partial charge in [0.15, 0.2) is 5.78 Å². The van der Waals surface area contributed by atoms with Gasteiger partial charge >= 0.3 is 0 Å². The van der Waals surface area contributed by atoms with Crippen LogP contribution in [0.4, 0.5) is 0 Å². The molecule has 0 radical (unpaired) electrons. The number of nitrogens with one attached hydrogen (secondary N) is 1. The van der Waals surface area contributed by atoms with Crippen LogP contribution in [0.15, 0.2) is 24.3 Å². The number of hydrogen-bond donors (Lipinski definition) is 2. The van der Waals surface area contributed by atoms with Crippen molar-refractivity contribution < 1.29 is 9.90 Å². The molecule has 0 aliphatic heterocycles. The molecule has 100 valence electrons. The van der Waals surface area contributed by atoms with Crippen molar-refractivity contribution >= 4 is 5.78 Å². The average Bonchev–Trinajstić information content (AvgIpc) is 2.38. The summed E-state index contributed by atoms with van der Waals surface area (Å²) in [5, 5.41) is 11.8. The molecule has 0 heterocycles. The first-order chi connectivity index (χ1) is 8.56. The second-order valence-corrected chi connectivity index (χ2v) is 4.89. The Morgan fingerprint density at radius 3 is 2.33 bits per heavy atom. The van der Waals surface area contributed by atoms with Gasteiger partial charge in [0.2, 0.25) is 0 Å². The molecule has 1 aromatic rings. The van der Waals surface area contributed by atoms with Crippen LogP contribution >= 0.6 is 0 Å². The van der Waals surface area contributed by atoms with Crippen molar-refractivity contribution in [2.24, 2.45) is 0 Å². The van der Waals surface area contributed by atoms with E-state index in [9.17, 15) is 4.79 Å². The van der Waals surface area contributed by atoms with Gasteiger partial charge in [0.25, 0.3) is 0 Å². The molecule has 3 heteroatoms. The van der Waals surface area contributed by atoms with Crippen LogP contribution in [0.2, 0.25) is 0 Å². The molecule has 0 amide bonds. The summed E-state index contributed by atoms with van der Waals surface area (Å²) in [6.07, 6.45) is 0.671. The summed E-state index contributed by atoms with van der Waals surface area (Å²) in [5.74, 6) is 0.581. The van der Waals surface area contributed by atoms with Crippen LogP contribution in [0.5, 0.6) is 0 Å². The molecular weight excluding hydrogens is 226 g/mol. The molecule has 0 saturated carbocycles. The molecule has 2 N–H and O–H groups in total. The van der Waals surface area contributed by atoms with Crippen molar-refractivity contribution in [1.29, 1.82) is 0 Å². The lowest BCUT2D eigenvalue weighted by Gasteiger charge is -2.13. The lowest BCUT2D eigenvalue weighted by molar-refractivity contribution is 0.0950. The third-order valence-electron chi connectivity index (χ3n) is 3.04. The van der Waals surface area contributed by atoms with Gasteiger partial charge in [-0.25, -0.2) is 0 Å². The number of aliphatic hydroxyl groups excluding tert-OH is 1. The van der Waals surface area contributed by atoms with E-state index in [4.69, 9.17) is 5.11 Å². The van der Waals surface area contributed by atoms with E-state index in [2.05, 4.69) is 19.2 Å². The van der Waals surface area contributed by atoms with Gasteiger partial charge < -0.3 is 10.4 Å². The number of benzene rings is 1. The summed E-state index contributed by atoms with van der Waals surface area (Å²) in [7, 11) is 0. The maximum absolute atomic E-state index is 12.1. The number of rotatable bonds is 7. The molecule has 0 saturated heterocycles. The summed E-state index contributed by atoms with van der Waals surface area (Å²) in [4.78, 5) is 12.1. The van der Waals surface area contributed by atoms with Crippen molar-refractivity contribution in [3.8, 4) is 0 Å². The monoisotopic (exact) mass is 249 g/mol. The summed E-state index contributed by atoms with van der Waals surface area (Å²) in [5.41, 5.74) is 1.98. The molecule has 0 aliphatic carbocycles. The van der Waals surface area contributed by atoms with Crippen LogP contribution in [-0.4, -0.2) is 30.1 Å². The van der Waals surface area contributed by atoms with Crippen LogP contribution in [0, 0.1) is 0 Å². The normalized spacial score (nSPS) is 12.7. The van der Waals surface area contributed by atoms with Gasteiger partial charge in [-0.3, -0.25) is 4.79 Å². The number of aliphatic hydroxyl groups is 1. The molecule has 1 aromatic carbocycles. The van der Waals surface area contributed by atoms with Crippen LogP contribution in [-0.2, 0) is 0 Å². The van der Waals surface area contributed by atoms with E-state index in [0.29, 0.717) is 18.9 Å². The average molecular weight is 249 g/mol. The Morgan fingerprint density at radius 1 is 1.22 bits per heavy atom. The number of carbonyl (C=O) groups is 1. The van der Waals surface area contributed by atoms with Gasteiger partial charge in [-0.15, -0.1) is 0 Å². The Labute approximate surface area is 109 Å². The van der Waals surface area contributed by atoms with Crippen molar-refractivity contribution in [3.63, 3.8) is 0 Å². The molecule has 1 atom stereocenters. The van der Waals surface area contributed by atoms with Gasteiger partial charge in [-0.2, -0.15) is 0 Å². The van der Waals surface area contributed by atoms with Gasteiger partial charge in [-0.1, -0.05) is 38.1 Å². The van der Waals surface area contributed by atoms with E-state index in [1.807, 2.05) is 31.2 Å². The van der Waals surface area contributed by atoms with Crippen molar-refractivity contribution in [1.82, 2.24) is 5.32 Å². The first-order valence-electron chi connectivity index (χ1n) is 6.54. The van der Waals surface area contributed by atoms with Crippen LogP contribution in [0.1, 0.15) is 49.0 Å². The molecule has 3 nitrogen and oxygen atoms in total. The minimum Gasteiger partial charge on any atom is -0.396 e. The molecule has 0 bridgehead atoms. The number of hydrogen-bond acceptors (Lipinski definition) is 3. The fraction of sp³-hybridized carbons (Fsp3) is 0.533. The summed E-state index contributed by atoms with van der Waals surface area (Å²) < 4.78 is 0. The van der Waals surface area contributed by atoms with Crippen LogP contribution < -0.4 is 5.32 Å². The molecule has 1 rings (SSSR count). The Hall–Kier alpha value is -1.19. The largest absolute Gasteiger partial charge is 0.396 e.